The van der Waals surface area contributed by atoms with E-state index in [2.05, 4.69) is 22.0 Å². The summed E-state index contributed by atoms with van der Waals surface area (Å²) in [4.78, 5) is 20.9. The molecule has 0 aliphatic carbocycles. The largest absolute Gasteiger partial charge is 0.366 e. The highest BCUT2D eigenvalue weighted by atomic mass is 16.5. The maximum absolute atomic E-state index is 12.9. The minimum Gasteiger partial charge on any atom is -0.366 e. The molecule has 1 atom stereocenters. The quantitative estimate of drug-likeness (QED) is 0.846. The van der Waals surface area contributed by atoms with Crippen LogP contribution in [0.15, 0.2) is 54.9 Å². The lowest BCUT2D eigenvalue weighted by molar-refractivity contribution is -0.136. The number of hydrogen-bond donors (Lipinski definition) is 0. The SMILES string of the molecule is CCN(C(=O)[C@@H]1CN(Cc2ccccc2)CCO1)c1ccncc1. The van der Waals surface area contributed by atoms with Gasteiger partial charge in [0, 0.05) is 44.3 Å². The Morgan fingerprint density at radius 3 is 2.71 bits per heavy atom. The van der Waals surface area contributed by atoms with E-state index < -0.39 is 6.10 Å². The minimum absolute atomic E-state index is 0.0152. The molecule has 0 unspecified atom stereocenters. The standard InChI is InChI=1S/C19H23N3O2/c1-2-22(17-8-10-20-11-9-17)19(23)18-15-21(12-13-24-18)14-16-6-4-3-5-7-16/h3-11,18H,2,12-15H2,1H3/t18-/m0/s1. The van der Waals surface area contributed by atoms with Crippen molar-refractivity contribution in [3.05, 3.63) is 60.4 Å². The molecule has 0 bridgehead atoms. The zero-order valence-electron chi connectivity index (χ0n) is 14.0. The first kappa shape index (κ1) is 16.6. The molecular weight excluding hydrogens is 302 g/mol. The first-order chi connectivity index (χ1) is 11.8. The number of pyridine rings is 1. The van der Waals surface area contributed by atoms with Gasteiger partial charge in [-0.3, -0.25) is 14.7 Å². The highest BCUT2D eigenvalue weighted by Crippen LogP contribution is 2.17. The zero-order valence-corrected chi connectivity index (χ0v) is 14.0. The van der Waals surface area contributed by atoms with Gasteiger partial charge < -0.3 is 9.64 Å². The second kappa shape index (κ2) is 8.04. The van der Waals surface area contributed by atoms with Gasteiger partial charge in [0.1, 0.15) is 6.10 Å². The number of likely N-dealkylation sites (N-methyl/N-ethyl adjacent to an activating group) is 1. The Labute approximate surface area is 142 Å². The number of anilines is 1. The summed E-state index contributed by atoms with van der Waals surface area (Å²) in [5, 5.41) is 0. The van der Waals surface area contributed by atoms with Crippen LogP contribution < -0.4 is 4.90 Å². The first-order valence-electron chi connectivity index (χ1n) is 8.37. The predicted molar refractivity (Wildman–Crippen MR) is 93.7 cm³/mol. The summed E-state index contributed by atoms with van der Waals surface area (Å²) < 4.78 is 5.76. The van der Waals surface area contributed by atoms with Crippen molar-refractivity contribution in [2.45, 2.75) is 19.6 Å². The molecule has 5 nitrogen and oxygen atoms in total. The predicted octanol–water partition coefficient (Wildman–Crippen LogP) is 2.34. The van der Waals surface area contributed by atoms with Gasteiger partial charge in [0.15, 0.2) is 0 Å². The Bertz CT molecular complexity index is 648. The Kier molecular flexibility index (Phi) is 5.56. The summed E-state index contributed by atoms with van der Waals surface area (Å²) in [7, 11) is 0. The topological polar surface area (TPSA) is 45.7 Å². The molecule has 1 amide bonds. The fraction of sp³-hybridized carbons (Fsp3) is 0.368. The Hall–Kier alpha value is -2.24. The number of nitrogens with zero attached hydrogens (tertiary/aromatic N) is 3. The van der Waals surface area contributed by atoms with E-state index in [0.717, 1.165) is 18.8 Å². The number of ether oxygens (including phenoxy) is 1. The highest BCUT2D eigenvalue weighted by molar-refractivity contribution is 5.96. The molecule has 3 rings (SSSR count). The van der Waals surface area contributed by atoms with E-state index in [4.69, 9.17) is 4.74 Å². The van der Waals surface area contributed by atoms with E-state index in [1.807, 2.05) is 37.3 Å². The molecule has 2 aromatic rings. The van der Waals surface area contributed by atoms with Crippen LogP contribution in [0, 0.1) is 0 Å². The summed E-state index contributed by atoms with van der Waals surface area (Å²) >= 11 is 0. The second-order valence-electron chi connectivity index (χ2n) is 5.87. The molecule has 1 aromatic carbocycles. The van der Waals surface area contributed by atoms with Gasteiger partial charge in [0.25, 0.3) is 5.91 Å². The number of amides is 1. The molecule has 0 N–H and O–H groups in total. The molecule has 5 heteroatoms. The van der Waals surface area contributed by atoms with Gasteiger partial charge >= 0.3 is 0 Å². The Balaban J connectivity index is 1.66. The molecule has 0 spiro atoms. The molecule has 1 saturated heterocycles. The number of morpholine rings is 1. The molecule has 126 valence electrons. The first-order valence-corrected chi connectivity index (χ1v) is 8.37. The van der Waals surface area contributed by atoms with Crippen molar-refractivity contribution in [1.29, 1.82) is 0 Å². The summed E-state index contributed by atoms with van der Waals surface area (Å²) in [6.45, 7) is 5.48. The molecule has 1 aromatic heterocycles. The monoisotopic (exact) mass is 325 g/mol. The van der Waals surface area contributed by atoms with E-state index in [1.165, 1.54) is 5.56 Å². The van der Waals surface area contributed by atoms with Gasteiger partial charge in [-0.15, -0.1) is 0 Å². The van der Waals surface area contributed by atoms with Gasteiger partial charge in [-0.2, -0.15) is 0 Å². The average molecular weight is 325 g/mol. The summed E-state index contributed by atoms with van der Waals surface area (Å²) in [5.74, 6) is 0.0152. The number of benzene rings is 1. The van der Waals surface area contributed by atoms with Crippen molar-refractivity contribution in [2.75, 3.05) is 31.1 Å². The molecule has 0 radical (unpaired) electrons. The van der Waals surface area contributed by atoms with E-state index in [-0.39, 0.29) is 5.91 Å². The van der Waals surface area contributed by atoms with Crippen LogP contribution in [0.25, 0.3) is 0 Å². The van der Waals surface area contributed by atoms with Crippen LogP contribution in [0.4, 0.5) is 5.69 Å². The van der Waals surface area contributed by atoms with Crippen LogP contribution in [0.2, 0.25) is 0 Å². The number of aromatic nitrogens is 1. The fourth-order valence-electron chi connectivity index (χ4n) is 3.00. The van der Waals surface area contributed by atoms with E-state index >= 15 is 0 Å². The van der Waals surface area contributed by atoms with E-state index in [0.29, 0.717) is 19.7 Å². The molecule has 2 heterocycles. The molecular formula is C19H23N3O2. The molecule has 1 aliphatic heterocycles. The average Bonchev–Trinajstić information content (AvgIpc) is 2.64. The number of carbonyl (C=O) groups is 1. The van der Waals surface area contributed by atoms with Gasteiger partial charge in [0.05, 0.1) is 6.61 Å². The van der Waals surface area contributed by atoms with E-state index in [9.17, 15) is 4.79 Å². The summed E-state index contributed by atoms with van der Waals surface area (Å²) in [5.41, 5.74) is 2.12. The van der Waals surface area contributed by atoms with Crippen molar-refractivity contribution < 1.29 is 9.53 Å². The van der Waals surface area contributed by atoms with Crippen LogP contribution in [0.5, 0.6) is 0 Å². The van der Waals surface area contributed by atoms with Gasteiger partial charge in [0.2, 0.25) is 0 Å². The third-order valence-electron chi connectivity index (χ3n) is 4.23. The van der Waals surface area contributed by atoms with Crippen molar-refractivity contribution in [1.82, 2.24) is 9.88 Å². The number of carbonyl (C=O) groups excluding carboxylic acids is 1. The van der Waals surface area contributed by atoms with Crippen molar-refractivity contribution in [3.63, 3.8) is 0 Å². The third kappa shape index (κ3) is 3.99. The second-order valence-corrected chi connectivity index (χ2v) is 5.87. The van der Waals surface area contributed by atoms with Crippen LogP contribution in [-0.2, 0) is 16.1 Å². The van der Waals surface area contributed by atoms with Gasteiger partial charge in [-0.05, 0) is 24.6 Å². The van der Waals surface area contributed by atoms with Crippen LogP contribution >= 0.6 is 0 Å². The van der Waals surface area contributed by atoms with Crippen molar-refractivity contribution >= 4 is 11.6 Å². The molecule has 24 heavy (non-hydrogen) atoms. The maximum atomic E-state index is 12.9. The fourth-order valence-corrected chi connectivity index (χ4v) is 3.00. The Morgan fingerprint density at radius 2 is 2.00 bits per heavy atom. The van der Waals surface area contributed by atoms with Crippen molar-refractivity contribution in [2.24, 2.45) is 0 Å². The number of hydrogen-bond acceptors (Lipinski definition) is 4. The zero-order chi connectivity index (χ0) is 16.8. The number of rotatable bonds is 5. The molecule has 0 saturated carbocycles. The Morgan fingerprint density at radius 1 is 1.25 bits per heavy atom. The summed E-state index contributed by atoms with van der Waals surface area (Å²) in [6.07, 6.45) is 2.99. The minimum atomic E-state index is -0.421. The molecule has 1 aliphatic rings. The lowest BCUT2D eigenvalue weighted by Crippen LogP contribution is -2.50. The molecule has 1 fully saturated rings. The lowest BCUT2D eigenvalue weighted by atomic mass is 10.1. The maximum Gasteiger partial charge on any atom is 0.257 e. The van der Waals surface area contributed by atoms with Gasteiger partial charge in [-0.25, -0.2) is 0 Å². The van der Waals surface area contributed by atoms with Crippen LogP contribution in [-0.4, -0.2) is 48.1 Å². The van der Waals surface area contributed by atoms with E-state index in [1.54, 1.807) is 17.3 Å². The smallest absolute Gasteiger partial charge is 0.257 e. The van der Waals surface area contributed by atoms with Crippen LogP contribution in [0.3, 0.4) is 0 Å². The van der Waals surface area contributed by atoms with Crippen LogP contribution in [0.1, 0.15) is 12.5 Å². The highest BCUT2D eigenvalue weighted by Gasteiger charge is 2.30. The van der Waals surface area contributed by atoms with Gasteiger partial charge in [-0.1, -0.05) is 30.3 Å². The lowest BCUT2D eigenvalue weighted by Gasteiger charge is -2.34. The third-order valence-corrected chi connectivity index (χ3v) is 4.23. The normalized spacial score (nSPS) is 18.3. The van der Waals surface area contributed by atoms with Crippen molar-refractivity contribution in [3.8, 4) is 0 Å². The summed E-state index contributed by atoms with van der Waals surface area (Å²) in [6, 6.07) is 14.0.